The van der Waals surface area contributed by atoms with E-state index in [4.69, 9.17) is 5.73 Å². The van der Waals surface area contributed by atoms with E-state index in [1.54, 1.807) is 0 Å². The first-order valence-corrected chi connectivity index (χ1v) is 9.63. The number of piperidine rings is 1. The normalized spacial score (nSPS) is 23.0. The second kappa shape index (κ2) is 6.94. The maximum atomic E-state index is 13.4. The van der Waals surface area contributed by atoms with Gasteiger partial charge in [0.15, 0.2) is 0 Å². The van der Waals surface area contributed by atoms with Crippen LogP contribution >= 0.6 is 15.9 Å². The fourth-order valence-electron chi connectivity index (χ4n) is 4.30. The molecular formula is C19H27BrN2O. The predicted molar refractivity (Wildman–Crippen MR) is 97.2 cm³/mol. The number of carbonyl (C=O) groups excluding carboxylic acids is 1. The van der Waals surface area contributed by atoms with Gasteiger partial charge in [0.2, 0.25) is 5.91 Å². The molecule has 1 amide bonds. The SMILES string of the molecule is CC(N)C1CCN(C(=O)C2(c3ccc(Br)cc3)CCCC2)CC1. The lowest BCUT2D eigenvalue weighted by molar-refractivity contribution is -0.138. The quantitative estimate of drug-likeness (QED) is 0.867. The monoisotopic (exact) mass is 378 g/mol. The molecule has 0 radical (unpaired) electrons. The Balaban J connectivity index is 1.79. The zero-order chi connectivity index (χ0) is 16.4. The van der Waals surface area contributed by atoms with E-state index in [0.717, 1.165) is 56.1 Å². The van der Waals surface area contributed by atoms with Crippen LogP contribution in [-0.4, -0.2) is 29.9 Å². The van der Waals surface area contributed by atoms with Crippen molar-refractivity contribution in [2.24, 2.45) is 11.7 Å². The van der Waals surface area contributed by atoms with Crippen LogP contribution in [0, 0.1) is 5.92 Å². The molecule has 2 aliphatic rings. The lowest BCUT2D eigenvalue weighted by Gasteiger charge is -2.39. The van der Waals surface area contributed by atoms with E-state index < -0.39 is 0 Å². The van der Waals surface area contributed by atoms with Crippen LogP contribution < -0.4 is 5.73 Å². The molecule has 1 aromatic carbocycles. The Morgan fingerprint density at radius 1 is 1.22 bits per heavy atom. The fourth-order valence-corrected chi connectivity index (χ4v) is 4.57. The summed E-state index contributed by atoms with van der Waals surface area (Å²) in [7, 11) is 0. The van der Waals surface area contributed by atoms with Gasteiger partial charge < -0.3 is 10.6 Å². The maximum Gasteiger partial charge on any atom is 0.233 e. The van der Waals surface area contributed by atoms with E-state index in [1.165, 1.54) is 5.56 Å². The van der Waals surface area contributed by atoms with Crippen molar-refractivity contribution in [1.29, 1.82) is 0 Å². The van der Waals surface area contributed by atoms with Crippen LogP contribution in [-0.2, 0) is 10.2 Å². The standard InChI is InChI=1S/C19H27BrN2O/c1-14(21)15-8-12-22(13-9-15)18(23)19(10-2-3-11-19)16-4-6-17(20)7-5-16/h4-7,14-15H,2-3,8-13,21H2,1H3. The van der Waals surface area contributed by atoms with E-state index in [2.05, 4.69) is 52.0 Å². The van der Waals surface area contributed by atoms with Crippen molar-refractivity contribution in [1.82, 2.24) is 4.90 Å². The highest BCUT2D eigenvalue weighted by atomic mass is 79.9. The van der Waals surface area contributed by atoms with Crippen molar-refractivity contribution in [3.8, 4) is 0 Å². The highest BCUT2D eigenvalue weighted by Gasteiger charge is 2.45. The minimum Gasteiger partial charge on any atom is -0.342 e. The van der Waals surface area contributed by atoms with E-state index in [9.17, 15) is 4.79 Å². The molecule has 3 rings (SSSR count). The molecule has 1 atom stereocenters. The van der Waals surface area contributed by atoms with Gasteiger partial charge >= 0.3 is 0 Å². The molecule has 0 aromatic heterocycles. The second-order valence-corrected chi connectivity index (χ2v) is 8.20. The number of nitrogens with zero attached hydrogens (tertiary/aromatic N) is 1. The number of hydrogen-bond acceptors (Lipinski definition) is 2. The summed E-state index contributed by atoms with van der Waals surface area (Å²) in [4.78, 5) is 15.5. The van der Waals surface area contributed by atoms with E-state index in [-0.39, 0.29) is 11.5 Å². The van der Waals surface area contributed by atoms with Crippen molar-refractivity contribution < 1.29 is 4.79 Å². The molecule has 2 fully saturated rings. The Morgan fingerprint density at radius 2 is 1.78 bits per heavy atom. The second-order valence-electron chi connectivity index (χ2n) is 7.28. The van der Waals surface area contributed by atoms with Crippen molar-refractivity contribution in [3.05, 3.63) is 34.3 Å². The molecular weight excluding hydrogens is 352 g/mol. The average molecular weight is 379 g/mol. The first kappa shape index (κ1) is 17.0. The molecule has 1 aliphatic heterocycles. The molecule has 1 saturated heterocycles. The van der Waals surface area contributed by atoms with Crippen LogP contribution in [0.2, 0.25) is 0 Å². The van der Waals surface area contributed by atoms with Crippen LogP contribution in [0.1, 0.15) is 51.0 Å². The summed E-state index contributed by atoms with van der Waals surface area (Å²) < 4.78 is 1.07. The summed E-state index contributed by atoms with van der Waals surface area (Å²) in [6.07, 6.45) is 6.36. The number of carbonyl (C=O) groups is 1. The highest BCUT2D eigenvalue weighted by Crippen LogP contribution is 2.43. The Labute approximate surface area is 147 Å². The number of amides is 1. The summed E-state index contributed by atoms with van der Waals surface area (Å²) in [5.74, 6) is 0.909. The zero-order valence-electron chi connectivity index (χ0n) is 13.9. The van der Waals surface area contributed by atoms with Gasteiger partial charge in [0.05, 0.1) is 5.41 Å². The molecule has 1 heterocycles. The Hall–Kier alpha value is -0.870. The summed E-state index contributed by atoms with van der Waals surface area (Å²) in [6.45, 7) is 3.81. The maximum absolute atomic E-state index is 13.4. The van der Waals surface area contributed by atoms with Crippen molar-refractivity contribution in [3.63, 3.8) is 0 Å². The summed E-state index contributed by atoms with van der Waals surface area (Å²) in [6, 6.07) is 8.61. The third-order valence-corrected chi connectivity index (χ3v) is 6.36. The van der Waals surface area contributed by atoms with Gasteiger partial charge in [-0.15, -0.1) is 0 Å². The van der Waals surface area contributed by atoms with Crippen molar-refractivity contribution >= 4 is 21.8 Å². The van der Waals surface area contributed by atoms with Crippen LogP contribution in [0.4, 0.5) is 0 Å². The molecule has 1 unspecified atom stereocenters. The van der Waals surface area contributed by atoms with Gasteiger partial charge in [-0.05, 0) is 56.2 Å². The topological polar surface area (TPSA) is 46.3 Å². The lowest BCUT2D eigenvalue weighted by Crippen LogP contribution is -2.50. The van der Waals surface area contributed by atoms with Gasteiger partial charge in [0, 0.05) is 23.6 Å². The van der Waals surface area contributed by atoms with E-state index in [1.807, 2.05) is 0 Å². The van der Waals surface area contributed by atoms with Crippen molar-refractivity contribution in [2.75, 3.05) is 13.1 Å². The fraction of sp³-hybridized carbons (Fsp3) is 0.632. The van der Waals surface area contributed by atoms with Crippen LogP contribution in [0.25, 0.3) is 0 Å². The largest absolute Gasteiger partial charge is 0.342 e. The molecule has 1 aliphatic carbocycles. The van der Waals surface area contributed by atoms with Crippen LogP contribution in [0.15, 0.2) is 28.7 Å². The predicted octanol–water partition coefficient (Wildman–Crippen LogP) is 3.85. The molecule has 1 aromatic rings. The highest BCUT2D eigenvalue weighted by molar-refractivity contribution is 9.10. The van der Waals surface area contributed by atoms with E-state index >= 15 is 0 Å². The number of rotatable bonds is 3. The number of halogens is 1. The summed E-state index contributed by atoms with van der Waals surface area (Å²) in [5, 5.41) is 0. The van der Waals surface area contributed by atoms with Crippen molar-refractivity contribution in [2.45, 2.75) is 56.9 Å². The Morgan fingerprint density at radius 3 is 2.30 bits per heavy atom. The summed E-state index contributed by atoms with van der Waals surface area (Å²) >= 11 is 3.50. The van der Waals surface area contributed by atoms with Gasteiger partial charge in [-0.2, -0.15) is 0 Å². The number of benzene rings is 1. The first-order valence-electron chi connectivity index (χ1n) is 8.84. The zero-order valence-corrected chi connectivity index (χ0v) is 15.5. The number of hydrogen-bond donors (Lipinski definition) is 1. The van der Waals surface area contributed by atoms with Gasteiger partial charge in [-0.1, -0.05) is 40.9 Å². The molecule has 3 nitrogen and oxygen atoms in total. The van der Waals surface area contributed by atoms with Gasteiger partial charge in [-0.25, -0.2) is 0 Å². The van der Waals surface area contributed by atoms with Gasteiger partial charge in [0.1, 0.15) is 0 Å². The molecule has 1 saturated carbocycles. The smallest absolute Gasteiger partial charge is 0.233 e. The Bertz CT molecular complexity index is 541. The third kappa shape index (κ3) is 3.34. The van der Waals surface area contributed by atoms with Gasteiger partial charge in [0.25, 0.3) is 0 Å². The molecule has 23 heavy (non-hydrogen) atoms. The molecule has 2 N–H and O–H groups in total. The summed E-state index contributed by atoms with van der Waals surface area (Å²) in [5.41, 5.74) is 6.94. The Kier molecular flexibility index (Phi) is 5.12. The molecule has 126 valence electrons. The first-order chi connectivity index (χ1) is 11.0. The van der Waals surface area contributed by atoms with Gasteiger partial charge in [-0.3, -0.25) is 4.79 Å². The van der Waals surface area contributed by atoms with Crippen LogP contribution in [0.5, 0.6) is 0 Å². The molecule has 0 spiro atoms. The molecule has 4 heteroatoms. The number of nitrogens with two attached hydrogens (primary N) is 1. The minimum atomic E-state index is -0.290. The minimum absolute atomic E-state index is 0.235. The molecule has 0 bridgehead atoms. The van der Waals surface area contributed by atoms with Crippen LogP contribution in [0.3, 0.4) is 0 Å². The third-order valence-electron chi connectivity index (χ3n) is 5.83. The average Bonchev–Trinajstić information content (AvgIpc) is 3.06. The lowest BCUT2D eigenvalue weighted by atomic mass is 9.77. The number of likely N-dealkylation sites (tertiary alicyclic amines) is 1. The van der Waals surface area contributed by atoms with E-state index in [0.29, 0.717) is 11.8 Å².